The van der Waals surface area contributed by atoms with Crippen LogP contribution in [0.15, 0.2) is 24.4 Å². The molecule has 0 aliphatic rings. The van der Waals surface area contributed by atoms with E-state index < -0.39 is 0 Å². The summed E-state index contributed by atoms with van der Waals surface area (Å²) in [6.07, 6.45) is 3.76. The van der Waals surface area contributed by atoms with E-state index in [0.717, 1.165) is 36.2 Å². The van der Waals surface area contributed by atoms with E-state index in [2.05, 4.69) is 24.3 Å². The third kappa shape index (κ3) is 3.70. The number of aryl methyl sites for hydroxylation is 2. The van der Waals surface area contributed by atoms with Gasteiger partial charge in [0, 0.05) is 24.3 Å². The van der Waals surface area contributed by atoms with Gasteiger partial charge in [-0.25, -0.2) is 4.39 Å². The van der Waals surface area contributed by atoms with Crippen LogP contribution in [0.25, 0.3) is 0 Å². The lowest BCUT2D eigenvalue weighted by atomic mass is 9.96. The Labute approximate surface area is 126 Å². The van der Waals surface area contributed by atoms with Crippen LogP contribution in [0.2, 0.25) is 0 Å². The van der Waals surface area contributed by atoms with Crippen molar-refractivity contribution in [1.82, 2.24) is 15.1 Å². The molecule has 1 unspecified atom stereocenters. The summed E-state index contributed by atoms with van der Waals surface area (Å²) in [6, 6.07) is 5.17. The van der Waals surface area contributed by atoms with E-state index >= 15 is 0 Å². The minimum atomic E-state index is -0.173. The van der Waals surface area contributed by atoms with Gasteiger partial charge in [-0.3, -0.25) is 4.68 Å². The van der Waals surface area contributed by atoms with Gasteiger partial charge in [0.1, 0.15) is 5.82 Å². The Morgan fingerprint density at radius 2 is 2.10 bits per heavy atom. The summed E-state index contributed by atoms with van der Waals surface area (Å²) in [7, 11) is 1.95. The maximum absolute atomic E-state index is 13.5. The van der Waals surface area contributed by atoms with E-state index in [1.807, 2.05) is 30.9 Å². The van der Waals surface area contributed by atoms with Gasteiger partial charge in [0.2, 0.25) is 0 Å². The third-order valence-corrected chi connectivity index (χ3v) is 4.02. The first-order valence-electron chi connectivity index (χ1n) is 7.49. The molecule has 3 nitrogen and oxygen atoms in total. The third-order valence-electron chi connectivity index (χ3n) is 4.02. The molecule has 0 saturated heterocycles. The number of hydrogen-bond acceptors (Lipinski definition) is 2. The molecule has 2 rings (SSSR count). The SMILES string of the molecule is CCCNC(Cc1cc(F)ccc1C)c1cnn(C)c1C. The molecule has 1 atom stereocenters. The van der Waals surface area contributed by atoms with Crippen molar-refractivity contribution < 1.29 is 4.39 Å². The van der Waals surface area contributed by atoms with Crippen molar-refractivity contribution in [2.24, 2.45) is 7.05 Å². The van der Waals surface area contributed by atoms with E-state index in [4.69, 9.17) is 0 Å². The van der Waals surface area contributed by atoms with Crippen LogP contribution in [-0.2, 0) is 13.5 Å². The molecule has 1 aromatic carbocycles. The second kappa shape index (κ2) is 6.85. The fourth-order valence-corrected chi connectivity index (χ4v) is 2.55. The van der Waals surface area contributed by atoms with Crippen LogP contribution in [0.3, 0.4) is 0 Å². The Morgan fingerprint density at radius 3 is 2.71 bits per heavy atom. The molecule has 4 heteroatoms. The van der Waals surface area contributed by atoms with Crippen LogP contribution < -0.4 is 5.32 Å². The molecule has 0 saturated carbocycles. The van der Waals surface area contributed by atoms with Crippen LogP contribution in [0, 0.1) is 19.7 Å². The first-order valence-corrected chi connectivity index (χ1v) is 7.49. The maximum atomic E-state index is 13.5. The summed E-state index contributed by atoms with van der Waals surface area (Å²) in [6.45, 7) is 7.18. The lowest BCUT2D eigenvalue weighted by Gasteiger charge is -2.20. The molecule has 0 spiro atoms. The predicted octanol–water partition coefficient (Wildman–Crippen LogP) is 3.46. The van der Waals surface area contributed by atoms with Gasteiger partial charge in [-0.1, -0.05) is 13.0 Å². The largest absolute Gasteiger partial charge is 0.310 e. The summed E-state index contributed by atoms with van der Waals surface area (Å²) < 4.78 is 15.4. The van der Waals surface area contributed by atoms with Crippen LogP contribution in [-0.4, -0.2) is 16.3 Å². The van der Waals surface area contributed by atoms with Gasteiger partial charge in [-0.15, -0.1) is 0 Å². The highest BCUT2D eigenvalue weighted by Gasteiger charge is 2.17. The Morgan fingerprint density at radius 1 is 1.33 bits per heavy atom. The van der Waals surface area contributed by atoms with Gasteiger partial charge in [-0.2, -0.15) is 5.10 Å². The van der Waals surface area contributed by atoms with Crippen molar-refractivity contribution >= 4 is 0 Å². The highest BCUT2D eigenvalue weighted by molar-refractivity contribution is 5.30. The van der Waals surface area contributed by atoms with Crippen LogP contribution in [0.5, 0.6) is 0 Å². The molecular formula is C17H24FN3. The van der Waals surface area contributed by atoms with Gasteiger partial charge in [0.25, 0.3) is 0 Å². The minimum Gasteiger partial charge on any atom is -0.310 e. The Balaban J connectivity index is 2.28. The predicted molar refractivity (Wildman–Crippen MR) is 83.8 cm³/mol. The smallest absolute Gasteiger partial charge is 0.123 e. The van der Waals surface area contributed by atoms with Crippen molar-refractivity contribution in [1.29, 1.82) is 0 Å². The zero-order valence-electron chi connectivity index (χ0n) is 13.3. The van der Waals surface area contributed by atoms with E-state index in [9.17, 15) is 4.39 Å². The zero-order chi connectivity index (χ0) is 15.4. The quantitative estimate of drug-likeness (QED) is 0.882. The molecular weight excluding hydrogens is 265 g/mol. The summed E-state index contributed by atoms with van der Waals surface area (Å²) >= 11 is 0. The molecule has 1 N–H and O–H groups in total. The van der Waals surface area contributed by atoms with Crippen molar-refractivity contribution in [2.75, 3.05) is 6.54 Å². The van der Waals surface area contributed by atoms with E-state index in [0.29, 0.717) is 0 Å². The molecule has 1 aromatic heterocycles. The monoisotopic (exact) mass is 289 g/mol. The average Bonchev–Trinajstić information content (AvgIpc) is 2.79. The number of benzene rings is 1. The molecule has 1 heterocycles. The second-order valence-corrected chi connectivity index (χ2v) is 5.59. The van der Waals surface area contributed by atoms with Gasteiger partial charge in [-0.05, 0) is 56.5 Å². The first-order chi connectivity index (χ1) is 10.0. The number of aromatic nitrogens is 2. The van der Waals surface area contributed by atoms with Crippen molar-refractivity contribution in [3.8, 4) is 0 Å². The van der Waals surface area contributed by atoms with E-state index in [-0.39, 0.29) is 11.9 Å². The molecule has 114 valence electrons. The molecule has 0 aliphatic heterocycles. The van der Waals surface area contributed by atoms with Crippen molar-refractivity contribution in [3.05, 3.63) is 52.6 Å². The lowest BCUT2D eigenvalue weighted by Crippen LogP contribution is -2.25. The highest BCUT2D eigenvalue weighted by atomic mass is 19.1. The minimum absolute atomic E-state index is 0.166. The van der Waals surface area contributed by atoms with Gasteiger partial charge >= 0.3 is 0 Å². The fraction of sp³-hybridized carbons (Fsp3) is 0.471. The zero-order valence-corrected chi connectivity index (χ0v) is 13.3. The standard InChI is InChI=1S/C17H24FN3/c1-5-8-19-17(16-11-20-21(4)13(16)3)10-14-9-15(18)7-6-12(14)2/h6-7,9,11,17,19H,5,8,10H2,1-4H3. The molecule has 0 aliphatic carbocycles. The molecule has 2 aromatic rings. The Bertz CT molecular complexity index is 604. The summed E-state index contributed by atoms with van der Waals surface area (Å²) in [5, 5.41) is 7.89. The second-order valence-electron chi connectivity index (χ2n) is 5.59. The molecule has 0 fully saturated rings. The maximum Gasteiger partial charge on any atom is 0.123 e. The molecule has 0 amide bonds. The van der Waals surface area contributed by atoms with E-state index in [1.54, 1.807) is 6.07 Å². The summed E-state index contributed by atoms with van der Waals surface area (Å²) in [5.74, 6) is -0.173. The Kier molecular flexibility index (Phi) is 5.12. The molecule has 21 heavy (non-hydrogen) atoms. The number of nitrogens with one attached hydrogen (secondary N) is 1. The normalized spacial score (nSPS) is 12.6. The van der Waals surface area contributed by atoms with Crippen molar-refractivity contribution in [3.63, 3.8) is 0 Å². The van der Waals surface area contributed by atoms with Gasteiger partial charge < -0.3 is 5.32 Å². The number of halogens is 1. The van der Waals surface area contributed by atoms with E-state index in [1.165, 1.54) is 11.6 Å². The van der Waals surface area contributed by atoms with Crippen LogP contribution >= 0.6 is 0 Å². The van der Waals surface area contributed by atoms with Crippen LogP contribution in [0.1, 0.15) is 41.8 Å². The van der Waals surface area contributed by atoms with Gasteiger partial charge in [0.05, 0.1) is 6.20 Å². The van der Waals surface area contributed by atoms with Crippen molar-refractivity contribution in [2.45, 2.75) is 39.7 Å². The fourth-order valence-electron chi connectivity index (χ4n) is 2.55. The molecule has 0 bridgehead atoms. The summed E-state index contributed by atoms with van der Waals surface area (Å²) in [4.78, 5) is 0. The highest BCUT2D eigenvalue weighted by Crippen LogP contribution is 2.23. The number of rotatable bonds is 6. The molecule has 0 radical (unpaired) electrons. The lowest BCUT2D eigenvalue weighted by molar-refractivity contribution is 0.523. The summed E-state index contributed by atoms with van der Waals surface area (Å²) in [5.41, 5.74) is 4.51. The van der Waals surface area contributed by atoms with Crippen LogP contribution in [0.4, 0.5) is 4.39 Å². The number of nitrogens with zero attached hydrogens (tertiary/aromatic N) is 2. The number of hydrogen-bond donors (Lipinski definition) is 1. The first kappa shape index (κ1) is 15.7. The van der Waals surface area contributed by atoms with Gasteiger partial charge in [0.15, 0.2) is 0 Å². The topological polar surface area (TPSA) is 29.9 Å². The Hall–Kier alpha value is -1.68. The average molecular weight is 289 g/mol.